The summed E-state index contributed by atoms with van der Waals surface area (Å²) in [5, 5.41) is 0.479. The van der Waals surface area contributed by atoms with Crippen LogP contribution in [0.5, 0.6) is 0 Å². The quantitative estimate of drug-likeness (QED) is 0.537. The monoisotopic (exact) mass is 174 g/mol. The van der Waals surface area contributed by atoms with Crippen molar-refractivity contribution in [3.05, 3.63) is 0 Å². The molecular formula is C7H14N2OS. The van der Waals surface area contributed by atoms with E-state index in [0.29, 0.717) is 11.2 Å². The summed E-state index contributed by atoms with van der Waals surface area (Å²) in [7, 11) is 0. The third kappa shape index (κ3) is 2.04. The Morgan fingerprint density at radius 3 is 2.73 bits per heavy atom. The number of thiocarbonyl (C=S) groups is 1. The number of rotatable bonds is 0. The molecule has 0 aromatic rings. The highest BCUT2D eigenvalue weighted by molar-refractivity contribution is 7.80. The van der Waals surface area contributed by atoms with Crippen LogP contribution < -0.4 is 5.73 Å². The minimum absolute atomic E-state index is 0.243. The molecule has 0 aromatic carbocycles. The Kier molecular flexibility index (Phi) is 2.67. The van der Waals surface area contributed by atoms with Gasteiger partial charge in [-0.3, -0.25) is 0 Å². The molecule has 3 nitrogen and oxygen atoms in total. The summed E-state index contributed by atoms with van der Waals surface area (Å²) in [4.78, 5) is 2.00. The average molecular weight is 174 g/mol. The van der Waals surface area contributed by atoms with E-state index in [2.05, 4.69) is 6.92 Å². The number of morpholine rings is 1. The molecule has 1 aliphatic heterocycles. The van der Waals surface area contributed by atoms with Gasteiger partial charge >= 0.3 is 0 Å². The highest BCUT2D eigenvalue weighted by Gasteiger charge is 2.23. The average Bonchev–Trinajstić information content (AvgIpc) is 1.94. The van der Waals surface area contributed by atoms with Crippen molar-refractivity contribution >= 4 is 17.3 Å². The Labute approximate surface area is 72.5 Å². The zero-order valence-electron chi connectivity index (χ0n) is 6.91. The molecule has 0 spiro atoms. The molecule has 2 unspecified atom stereocenters. The molecule has 0 aliphatic carbocycles. The molecule has 1 fully saturated rings. The standard InChI is InChI=1S/C7H14N2OS/c1-5-4-10-6(2)3-9(5)7(8)11/h5-6H,3-4H2,1-2H3,(H2,8,11). The maximum atomic E-state index is 5.52. The van der Waals surface area contributed by atoms with E-state index >= 15 is 0 Å². The van der Waals surface area contributed by atoms with Crippen LogP contribution in [0, 0.1) is 0 Å². The van der Waals surface area contributed by atoms with Gasteiger partial charge in [0, 0.05) is 6.54 Å². The Morgan fingerprint density at radius 2 is 2.27 bits per heavy atom. The predicted octanol–water partition coefficient (Wildman–Crippen LogP) is 0.339. The van der Waals surface area contributed by atoms with Crippen LogP contribution in [0.4, 0.5) is 0 Å². The van der Waals surface area contributed by atoms with Crippen LogP contribution in [0.3, 0.4) is 0 Å². The molecule has 0 saturated carbocycles. The van der Waals surface area contributed by atoms with E-state index in [1.54, 1.807) is 0 Å². The minimum Gasteiger partial charge on any atom is -0.376 e. The smallest absolute Gasteiger partial charge is 0.166 e. The Balaban J connectivity index is 2.54. The first-order valence-electron chi connectivity index (χ1n) is 3.79. The number of ether oxygens (including phenoxy) is 1. The van der Waals surface area contributed by atoms with E-state index < -0.39 is 0 Å². The molecule has 1 heterocycles. The normalized spacial score (nSPS) is 32.0. The summed E-state index contributed by atoms with van der Waals surface area (Å²) in [6.07, 6.45) is 0.243. The van der Waals surface area contributed by atoms with Crippen LogP contribution in [-0.4, -0.2) is 35.3 Å². The van der Waals surface area contributed by atoms with Gasteiger partial charge in [-0.15, -0.1) is 0 Å². The molecule has 1 rings (SSSR count). The second-order valence-corrected chi connectivity index (χ2v) is 3.40. The number of hydrogen-bond acceptors (Lipinski definition) is 2. The van der Waals surface area contributed by atoms with Crippen molar-refractivity contribution in [2.24, 2.45) is 5.73 Å². The van der Waals surface area contributed by atoms with Crippen LogP contribution in [0.25, 0.3) is 0 Å². The summed E-state index contributed by atoms with van der Waals surface area (Å²) in [6, 6.07) is 0.323. The van der Waals surface area contributed by atoms with Crippen molar-refractivity contribution in [2.45, 2.75) is 26.0 Å². The van der Waals surface area contributed by atoms with E-state index in [9.17, 15) is 0 Å². The van der Waals surface area contributed by atoms with E-state index in [-0.39, 0.29) is 6.10 Å². The zero-order valence-corrected chi connectivity index (χ0v) is 7.73. The first-order valence-corrected chi connectivity index (χ1v) is 4.19. The molecule has 2 N–H and O–H groups in total. The molecular weight excluding hydrogens is 160 g/mol. The fourth-order valence-electron chi connectivity index (χ4n) is 1.21. The van der Waals surface area contributed by atoms with Gasteiger partial charge in [0.25, 0.3) is 0 Å². The van der Waals surface area contributed by atoms with Crippen LogP contribution in [0.2, 0.25) is 0 Å². The second kappa shape index (κ2) is 3.36. The van der Waals surface area contributed by atoms with Gasteiger partial charge in [0.05, 0.1) is 18.8 Å². The topological polar surface area (TPSA) is 38.5 Å². The highest BCUT2D eigenvalue weighted by atomic mass is 32.1. The van der Waals surface area contributed by atoms with Gasteiger partial charge in [0.2, 0.25) is 0 Å². The molecule has 0 bridgehead atoms. The van der Waals surface area contributed by atoms with Crippen LogP contribution in [0.1, 0.15) is 13.8 Å². The molecule has 4 heteroatoms. The molecule has 64 valence electrons. The van der Waals surface area contributed by atoms with E-state index in [1.165, 1.54) is 0 Å². The van der Waals surface area contributed by atoms with Gasteiger partial charge in [-0.2, -0.15) is 0 Å². The van der Waals surface area contributed by atoms with Gasteiger partial charge in [-0.1, -0.05) is 0 Å². The lowest BCUT2D eigenvalue weighted by Crippen LogP contribution is -2.52. The van der Waals surface area contributed by atoms with Crippen molar-refractivity contribution in [1.29, 1.82) is 0 Å². The second-order valence-electron chi connectivity index (χ2n) is 2.98. The summed E-state index contributed by atoms with van der Waals surface area (Å²) in [5.74, 6) is 0. The zero-order chi connectivity index (χ0) is 8.43. The van der Waals surface area contributed by atoms with Crippen molar-refractivity contribution in [3.8, 4) is 0 Å². The third-order valence-electron chi connectivity index (χ3n) is 1.89. The van der Waals surface area contributed by atoms with Gasteiger partial charge < -0.3 is 15.4 Å². The van der Waals surface area contributed by atoms with E-state index in [1.807, 2.05) is 11.8 Å². The number of hydrogen-bond donors (Lipinski definition) is 1. The fourth-order valence-corrected chi connectivity index (χ4v) is 1.46. The molecule has 1 aliphatic rings. The maximum Gasteiger partial charge on any atom is 0.166 e. The Bertz CT molecular complexity index is 163. The molecule has 2 atom stereocenters. The molecule has 1 saturated heterocycles. The summed E-state index contributed by atoms with van der Waals surface area (Å²) >= 11 is 4.89. The van der Waals surface area contributed by atoms with Gasteiger partial charge in [0.15, 0.2) is 5.11 Å². The van der Waals surface area contributed by atoms with Crippen LogP contribution >= 0.6 is 12.2 Å². The minimum atomic E-state index is 0.243. The maximum absolute atomic E-state index is 5.52. The number of nitrogens with two attached hydrogens (primary N) is 1. The molecule has 11 heavy (non-hydrogen) atoms. The Hall–Kier alpha value is -0.350. The summed E-state index contributed by atoms with van der Waals surface area (Å²) < 4.78 is 5.41. The fraction of sp³-hybridized carbons (Fsp3) is 0.857. The summed E-state index contributed by atoms with van der Waals surface area (Å²) in [6.45, 7) is 5.62. The van der Waals surface area contributed by atoms with Crippen molar-refractivity contribution in [3.63, 3.8) is 0 Å². The third-order valence-corrected chi connectivity index (χ3v) is 2.13. The van der Waals surface area contributed by atoms with Gasteiger partial charge in [-0.05, 0) is 26.1 Å². The van der Waals surface area contributed by atoms with Gasteiger partial charge in [-0.25, -0.2) is 0 Å². The molecule has 0 aromatic heterocycles. The lowest BCUT2D eigenvalue weighted by atomic mass is 10.2. The first kappa shape index (κ1) is 8.74. The van der Waals surface area contributed by atoms with E-state index in [0.717, 1.165) is 13.2 Å². The van der Waals surface area contributed by atoms with Crippen molar-refractivity contribution in [1.82, 2.24) is 4.90 Å². The highest BCUT2D eigenvalue weighted by Crippen LogP contribution is 2.10. The molecule has 0 radical (unpaired) electrons. The van der Waals surface area contributed by atoms with E-state index in [4.69, 9.17) is 22.7 Å². The van der Waals surface area contributed by atoms with Gasteiger partial charge in [0.1, 0.15) is 0 Å². The first-order chi connectivity index (χ1) is 5.11. The molecule has 0 amide bonds. The van der Waals surface area contributed by atoms with Crippen molar-refractivity contribution < 1.29 is 4.74 Å². The number of nitrogens with zero attached hydrogens (tertiary/aromatic N) is 1. The van der Waals surface area contributed by atoms with Crippen molar-refractivity contribution in [2.75, 3.05) is 13.2 Å². The summed E-state index contributed by atoms with van der Waals surface area (Å²) in [5.41, 5.74) is 5.52. The lowest BCUT2D eigenvalue weighted by molar-refractivity contribution is -0.0218. The van der Waals surface area contributed by atoms with Crippen LogP contribution in [-0.2, 0) is 4.74 Å². The van der Waals surface area contributed by atoms with Crippen LogP contribution in [0.15, 0.2) is 0 Å². The Morgan fingerprint density at radius 1 is 1.64 bits per heavy atom. The lowest BCUT2D eigenvalue weighted by Gasteiger charge is -2.37. The largest absolute Gasteiger partial charge is 0.376 e. The predicted molar refractivity (Wildman–Crippen MR) is 48.4 cm³/mol. The SMILES string of the molecule is CC1CN(C(N)=S)C(C)CO1.